The second-order valence-corrected chi connectivity index (χ2v) is 6.53. The van der Waals surface area contributed by atoms with E-state index in [0.717, 1.165) is 0 Å². The quantitative estimate of drug-likeness (QED) is 0.698. The molecule has 1 aromatic heterocycles. The Labute approximate surface area is 171 Å². The second kappa shape index (κ2) is 8.74. The monoisotopic (exact) mass is 415 g/mol. The van der Waals surface area contributed by atoms with Crippen LogP contribution < -0.4 is 10.7 Å². The number of aromatic nitrogens is 1. The number of nitrogens with one attached hydrogen (secondary N) is 2. The fraction of sp³-hybridized carbons (Fsp3) is 0.211. The minimum absolute atomic E-state index is 0.0985. The summed E-state index contributed by atoms with van der Waals surface area (Å²) in [4.78, 5) is 42.9. The summed E-state index contributed by atoms with van der Waals surface area (Å²) in [6, 6.07) is 9.08. The SMILES string of the molecule is CCN1C(=O)C(CC(=O)Nc2ccc(F)cc2)N(NC(=O)c2ccccn2)C1=S. The highest BCUT2D eigenvalue weighted by molar-refractivity contribution is 7.80. The van der Waals surface area contributed by atoms with E-state index >= 15 is 0 Å². The number of pyridine rings is 1. The van der Waals surface area contributed by atoms with Gasteiger partial charge in [-0.25, -0.2) is 9.40 Å². The number of rotatable bonds is 6. The van der Waals surface area contributed by atoms with Gasteiger partial charge >= 0.3 is 0 Å². The van der Waals surface area contributed by atoms with E-state index < -0.39 is 29.6 Å². The molecule has 2 heterocycles. The summed E-state index contributed by atoms with van der Waals surface area (Å²) in [5, 5.41) is 3.91. The van der Waals surface area contributed by atoms with Gasteiger partial charge in [0.2, 0.25) is 5.91 Å². The van der Waals surface area contributed by atoms with Crippen molar-refractivity contribution in [1.29, 1.82) is 0 Å². The Bertz CT molecular complexity index is 939. The number of hydrogen-bond donors (Lipinski definition) is 2. The summed E-state index contributed by atoms with van der Waals surface area (Å²) in [7, 11) is 0. The average Bonchev–Trinajstić information content (AvgIpc) is 2.93. The Morgan fingerprint density at radius 1 is 1.21 bits per heavy atom. The molecular weight excluding hydrogens is 397 g/mol. The molecule has 150 valence electrons. The average molecular weight is 415 g/mol. The van der Waals surface area contributed by atoms with Gasteiger partial charge in [0, 0.05) is 18.4 Å². The molecule has 1 saturated heterocycles. The van der Waals surface area contributed by atoms with Crippen molar-refractivity contribution in [2.45, 2.75) is 19.4 Å². The van der Waals surface area contributed by atoms with E-state index in [1.807, 2.05) is 0 Å². The molecule has 2 aromatic rings. The zero-order valence-corrected chi connectivity index (χ0v) is 16.3. The number of benzene rings is 1. The van der Waals surface area contributed by atoms with Crippen LogP contribution in [-0.2, 0) is 9.59 Å². The van der Waals surface area contributed by atoms with E-state index in [2.05, 4.69) is 15.7 Å². The predicted molar refractivity (Wildman–Crippen MR) is 107 cm³/mol. The van der Waals surface area contributed by atoms with Gasteiger partial charge in [-0.1, -0.05) is 6.07 Å². The molecule has 1 unspecified atom stereocenters. The number of amides is 3. The molecule has 1 atom stereocenters. The van der Waals surface area contributed by atoms with Gasteiger partial charge in [-0.05, 0) is 55.5 Å². The smallest absolute Gasteiger partial charge is 0.288 e. The van der Waals surface area contributed by atoms with Gasteiger partial charge < -0.3 is 5.32 Å². The van der Waals surface area contributed by atoms with Crippen molar-refractivity contribution in [3.63, 3.8) is 0 Å². The van der Waals surface area contributed by atoms with Crippen molar-refractivity contribution in [3.05, 3.63) is 60.2 Å². The first-order valence-electron chi connectivity index (χ1n) is 8.82. The van der Waals surface area contributed by atoms with E-state index in [1.165, 1.54) is 46.4 Å². The van der Waals surface area contributed by atoms with Crippen LogP contribution in [0.3, 0.4) is 0 Å². The first kappa shape index (κ1) is 20.3. The predicted octanol–water partition coefficient (Wildman–Crippen LogP) is 1.71. The highest BCUT2D eigenvalue weighted by Gasteiger charge is 2.44. The number of carbonyl (C=O) groups excluding carboxylic acids is 3. The molecule has 0 saturated carbocycles. The minimum Gasteiger partial charge on any atom is -0.326 e. The van der Waals surface area contributed by atoms with Crippen LogP contribution >= 0.6 is 12.2 Å². The van der Waals surface area contributed by atoms with E-state index in [0.29, 0.717) is 12.2 Å². The van der Waals surface area contributed by atoms with Gasteiger partial charge in [0.25, 0.3) is 11.8 Å². The molecular formula is C19H18FN5O3S. The topological polar surface area (TPSA) is 94.6 Å². The van der Waals surface area contributed by atoms with Crippen LogP contribution in [0.2, 0.25) is 0 Å². The first-order chi connectivity index (χ1) is 13.9. The third kappa shape index (κ3) is 4.54. The van der Waals surface area contributed by atoms with Crippen LogP contribution in [0.25, 0.3) is 0 Å². The highest BCUT2D eigenvalue weighted by Crippen LogP contribution is 2.20. The maximum atomic E-state index is 13.0. The van der Waals surface area contributed by atoms with Crippen molar-refractivity contribution in [3.8, 4) is 0 Å². The van der Waals surface area contributed by atoms with Crippen LogP contribution in [0, 0.1) is 5.82 Å². The first-order valence-corrected chi connectivity index (χ1v) is 9.23. The van der Waals surface area contributed by atoms with Crippen LogP contribution in [-0.4, -0.2) is 50.3 Å². The maximum Gasteiger partial charge on any atom is 0.288 e. The molecule has 1 aromatic carbocycles. The lowest BCUT2D eigenvalue weighted by molar-refractivity contribution is -0.130. The Morgan fingerprint density at radius 2 is 1.93 bits per heavy atom. The van der Waals surface area contributed by atoms with Gasteiger partial charge in [-0.3, -0.25) is 29.7 Å². The van der Waals surface area contributed by atoms with Crippen molar-refractivity contribution in [2.75, 3.05) is 11.9 Å². The third-order valence-electron chi connectivity index (χ3n) is 4.24. The minimum atomic E-state index is -1.00. The molecule has 0 radical (unpaired) electrons. The standard InChI is InChI=1S/C19H18FN5O3S/c1-2-24-18(28)15(11-16(26)22-13-8-6-12(20)7-9-13)25(19(24)29)23-17(27)14-5-3-4-10-21-14/h3-10,15H,2,11H2,1H3,(H,22,26)(H,23,27). The van der Waals surface area contributed by atoms with E-state index in [4.69, 9.17) is 12.2 Å². The molecule has 0 spiro atoms. The van der Waals surface area contributed by atoms with Crippen LogP contribution in [0.4, 0.5) is 10.1 Å². The summed E-state index contributed by atoms with van der Waals surface area (Å²) in [5.41, 5.74) is 3.10. The Morgan fingerprint density at radius 3 is 2.55 bits per heavy atom. The lowest BCUT2D eigenvalue weighted by Gasteiger charge is -2.24. The van der Waals surface area contributed by atoms with Crippen LogP contribution in [0.15, 0.2) is 48.7 Å². The van der Waals surface area contributed by atoms with Crippen LogP contribution in [0.5, 0.6) is 0 Å². The Kier molecular flexibility index (Phi) is 6.13. The molecule has 8 nitrogen and oxygen atoms in total. The summed E-state index contributed by atoms with van der Waals surface area (Å²) < 4.78 is 13.0. The van der Waals surface area contributed by atoms with Crippen molar-refractivity contribution in [2.24, 2.45) is 0 Å². The van der Waals surface area contributed by atoms with Crippen LogP contribution in [0.1, 0.15) is 23.8 Å². The van der Waals surface area contributed by atoms with E-state index in [9.17, 15) is 18.8 Å². The molecule has 1 fully saturated rings. The fourth-order valence-electron chi connectivity index (χ4n) is 2.83. The molecule has 2 N–H and O–H groups in total. The zero-order valence-electron chi connectivity index (χ0n) is 15.5. The zero-order chi connectivity index (χ0) is 21.0. The molecule has 3 rings (SSSR count). The van der Waals surface area contributed by atoms with Crippen molar-refractivity contribution >= 4 is 40.7 Å². The largest absolute Gasteiger partial charge is 0.326 e. The lowest BCUT2D eigenvalue weighted by Crippen LogP contribution is -2.49. The third-order valence-corrected chi connectivity index (χ3v) is 4.66. The molecule has 1 aliphatic heterocycles. The molecule has 1 aliphatic rings. The van der Waals surface area contributed by atoms with Gasteiger partial charge in [0.1, 0.15) is 17.6 Å². The number of anilines is 1. The molecule has 0 bridgehead atoms. The summed E-state index contributed by atoms with van der Waals surface area (Å²) >= 11 is 5.30. The molecule has 29 heavy (non-hydrogen) atoms. The van der Waals surface area contributed by atoms with Crippen molar-refractivity contribution in [1.82, 2.24) is 20.3 Å². The molecule has 10 heteroatoms. The Hall–Kier alpha value is -3.40. The van der Waals surface area contributed by atoms with E-state index in [-0.39, 0.29) is 17.2 Å². The summed E-state index contributed by atoms with van der Waals surface area (Å²) in [5.74, 6) is -1.86. The molecule has 0 aliphatic carbocycles. The summed E-state index contributed by atoms with van der Waals surface area (Å²) in [6.07, 6.45) is 1.21. The lowest BCUT2D eigenvalue weighted by atomic mass is 10.2. The van der Waals surface area contributed by atoms with Crippen molar-refractivity contribution < 1.29 is 18.8 Å². The fourth-order valence-corrected chi connectivity index (χ4v) is 3.22. The van der Waals surface area contributed by atoms with Gasteiger partial charge in [0.05, 0.1) is 6.42 Å². The number of hydrogen-bond acceptors (Lipinski definition) is 5. The number of carbonyl (C=O) groups is 3. The number of likely N-dealkylation sites (N-methyl/N-ethyl adjacent to an activating group) is 1. The van der Waals surface area contributed by atoms with Gasteiger partial charge in [0.15, 0.2) is 5.11 Å². The maximum absolute atomic E-state index is 13.0. The van der Waals surface area contributed by atoms with E-state index in [1.54, 1.807) is 19.1 Å². The highest BCUT2D eigenvalue weighted by atomic mass is 32.1. The van der Waals surface area contributed by atoms with Gasteiger partial charge in [-0.2, -0.15) is 0 Å². The molecule has 3 amide bonds. The summed E-state index contributed by atoms with van der Waals surface area (Å²) in [6.45, 7) is 2.04. The normalized spacial score (nSPS) is 16.1. The number of nitrogens with zero attached hydrogens (tertiary/aromatic N) is 3. The second-order valence-electron chi connectivity index (χ2n) is 6.17. The number of halogens is 1. The van der Waals surface area contributed by atoms with Gasteiger partial charge in [-0.15, -0.1) is 0 Å². The Balaban J connectivity index is 1.75. The number of hydrazine groups is 1. The number of thiocarbonyl (C=S) groups is 1.